The summed E-state index contributed by atoms with van der Waals surface area (Å²) in [6.07, 6.45) is 2.79. The average molecular weight is 197 g/mol. The molecule has 0 aliphatic carbocycles. The zero-order chi connectivity index (χ0) is 10.6. The summed E-state index contributed by atoms with van der Waals surface area (Å²) in [6.45, 7) is 6.33. The van der Waals surface area contributed by atoms with Crippen LogP contribution in [0.25, 0.3) is 0 Å². The van der Waals surface area contributed by atoms with E-state index in [2.05, 4.69) is 24.0 Å². The first-order chi connectivity index (χ1) is 6.67. The van der Waals surface area contributed by atoms with Crippen molar-refractivity contribution in [3.63, 3.8) is 0 Å². The Kier molecular flexibility index (Phi) is 4.07. The van der Waals surface area contributed by atoms with Gasteiger partial charge in [0.25, 0.3) is 0 Å². The highest BCUT2D eigenvalue weighted by Gasteiger charge is 2.13. The van der Waals surface area contributed by atoms with Crippen LogP contribution in [0.2, 0.25) is 0 Å². The Morgan fingerprint density at radius 2 is 2.00 bits per heavy atom. The van der Waals surface area contributed by atoms with Crippen LogP contribution in [0.5, 0.6) is 0 Å². The SMILES string of the molecule is CCC(C)Cc1nnc(C(N)CC)o1. The van der Waals surface area contributed by atoms with Gasteiger partial charge >= 0.3 is 0 Å². The van der Waals surface area contributed by atoms with E-state index in [0.29, 0.717) is 17.7 Å². The van der Waals surface area contributed by atoms with Crippen LogP contribution in [-0.2, 0) is 6.42 Å². The molecule has 0 aliphatic rings. The fourth-order valence-electron chi connectivity index (χ4n) is 1.12. The van der Waals surface area contributed by atoms with Crippen molar-refractivity contribution in [3.8, 4) is 0 Å². The molecule has 1 heterocycles. The Morgan fingerprint density at radius 1 is 1.29 bits per heavy atom. The molecule has 0 spiro atoms. The third-order valence-corrected chi connectivity index (χ3v) is 2.46. The summed E-state index contributed by atoms with van der Waals surface area (Å²) in [7, 11) is 0. The van der Waals surface area contributed by atoms with E-state index in [4.69, 9.17) is 10.2 Å². The van der Waals surface area contributed by atoms with Gasteiger partial charge in [0.1, 0.15) is 0 Å². The molecule has 1 aromatic rings. The summed E-state index contributed by atoms with van der Waals surface area (Å²) in [5.74, 6) is 1.85. The lowest BCUT2D eigenvalue weighted by Gasteiger charge is -2.03. The highest BCUT2D eigenvalue weighted by atomic mass is 16.4. The van der Waals surface area contributed by atoms with Crippen LogP contribution >= 0.6 is 0 Å². The summed E-state index contributed by atoms with van der Waals surface area (Å²) in [5.41, 5.74) is 5.77. The highest BCUT2D eigenvalue weighted by Crippen LogP contribution is 2.15. The maximum Gasteiger partial charge on any atom is 0.233 e. The smallest absolute Gasteiger partial charge is 0.233 e. The fourth-order valence-corrected chi connectivity index (χ4v) is 1.12. The number of nitrogens with two attached hydrogens (primary N) is 1. The van der Waals surface area contributed by atoms with Crippen LogP contribution in [0.3, 0.4) is 0 Å². The van der Waals surface area contributed by atoms with Crippen LogP contribution in [0.1, 0.15) is 51.4 Å². The van der Waals surface area contributed by atoms with Gasteiger partial charge in [-0.15, -0.1) is 10.2 Å². The Hall–Kier alpha value is -0.900. The molecular formula is C10H19N3O. The second kappa shape index (κ2) is 5.10. The lowest BCUT2D eigenvalue weighted by atomic mass is 10.1. The van der Waals surface area contributed by atoms with Crippen molar-refractivity contribution in [2.45, 2.75) is 46.1 Å². The first kappa shape index (κ1) is 11.2. The number of hydrogen-bond acceptors (Lipinski definition) is 4. The number of rotatable bonds is 5. The van der Waals surface area contributed by atoms with Crippen LogP contribution in [-0.4, -0.2) is 10.2 Å². The minimum Gasteiger partial charge on any atom is -0.424 e. The topological polar surface area (TPSA) is 64.9 Å². The van der Waals surface area contributed by atoms with Crippen molar-refractivity contribution in [1.29, 1.82) is 0 Å². The maximum atomic E-state index is 5.77. The predicted octanol–water partition coefficient (Wildman–Crippen LogP) is 2.07. The minimum atomic E-state index is -0.117. The average Bonchev–Trinajstić information content (AvgIpc) is 2.65. The summed E-state index contributed by atoms with van der Waals surface area (Å²) in [6, 6.07) is -0.117. The van der Waals surface area contributed by atoms with E-state index in [1.807, 2.05) is 6.92 Å². The van der Waals surface area contributed by atoms with E-state index in [9.17, 15) is 0 Å². The van der Waals surface area contributed by atoms with Crippen molar-refractivity contribution in [2.24, 2.45) is 11.7 Å². The molecule has 1 rings (SSSR count). The summed E-state index contributed by atoms with van der Waals surface area (Å²) >= 11 is 0. The van der Waals surface area contributed by atoms with Gasteiger partial charge in [0.15, 0.2) is 0 Å². The molecule has 2 N–H and O–H groups in total. The quantitative estimate of drug-likeness (QED) is 0.784. The first-order valence-electron chi connectivity index (χ1n) is 5.25. The Morgan fingerprint density at radius 3 is 2.57 bits per heavy atom. The van der Waals surface area contributed by atoms with Crippen LogP contribution < -0.4 is 5.73 Å². The minimum absolute atomic E-state index is 0.117. The van der Waals surface area contributed by atoms with E-state index < -0.39 is 0 Å². The van der Waals surface area contributed by atoms with E-state index in [1.165, 1.54) is 0 Å². The summed E-state index contributed by atoms with van der Waals surface area (Å²) in [4.78, 5) is 0. The highest BCUT2D eigenvalue weighted by molar-refractivity contribution is 4.88. The van der Waals surface area contributed by atoms with Gasteiger partial charge in [0.05, 0.1) is 6.04 Å². The van der Waals surface area contributed by atoms with Gasteiger partial charge in [0.2, 0.25) is 11.8 Å². The lowest BCUT2D eigenvalue weighted by molar-refractivity contribution is 0.388. The number of hydrogen-bond donors (Lipinski definition) is 1. The third kappa shape index (κ3) is 2.80. The Labute approximate surface area is 84.9 Å². The molecular weight excluding hydrogens is 178 g/mol. The normalized spacial score (nSPS) is 15.4. The van der Waals surface area contributed by atoms with E-state index >= 15 is 0 Å². The van der Waals surface area contributed by atoms with Crippen molar-refractivity contribution < 1.29 is 4.42 Å². The fraction of sp³-hybridized carbons (Fsp3) is 0.800. The van der Waals surface area contributed by atoms with Gasteiger partial charge in [-0.05, 0) is 12.3 Å². The van der Waals surface area contributed by atoms with E-state index in [1.54, 1.807) is 0 Å². The zero-order valence-corrected chi connectivity index (χ0v) is 9.16. The van der Waals surface area contributed by atoms with Gasteiger partial charge in [-0.3, -0.25) is 0 Å². The largest absolute Gasteiger partial charge is 0.424 e. The first-order valence-corrected chi connectivity index (χ1v) is 5.25. The molecule has 2 unspecified atom stereocenters. The van der Waals surface area contributed by atoms with Crippen LogP contribution in [0, 0.1) is 5.92 Å². The zero-order valence-electron chi connectivity index (χ0n) is 9.16. The molecule has 0 aliphatic heterocycles. The second-order valence-electron chi connectivity index (χ2n) is 3.77. The molecule has 4 nitrogen and oxygen atoms in total. The molecule has 1 aromatic heterocycles. The Bertz CT molecular complexity index is 272. The monoisotopic (exact) mass is 197 g/mol. The summed E-state index contributed by atoms with van der Waals surface area (Å²) in [5, 5.41) is 7.91. The molecule has 0 saturated heterocycles. The maximum absolute atomic E-state index is 5.77. The molecule has 4 heteroatoms. The van der Waals surface area contributed by atoms with Crippen molar-refractivity contribution in [1.82, 2.24) is 10.2 Å². The second-order valence-corrected chi connectivity index (χ2v) is 3.77. The molecule has 0 aromatic carbocycles. The molecule has 2 atom stereocenters. The van der Waals surface area contributed by atoms with Gasteiger partial charge in [-0.2, -0.15) is 0 Å². The van der Waals surface area contributed by atoms with E-state index in [0.717, 1.165) is 19.3 Å². The van der Waals surface area contributed by atoms with Crippen molar-refractivity contribution in [3.05, 3.63) is 11.8 Å². The molecule has 14 heavy (non-hydrogen) atoms. The molecule has 0 radical (unpaired) electrons. The van der Waals surface area contributed by atoms with Crippen LogP contribution in [0.15, 0.2) is 4.42 Å². The van der Waals surface area contributed by atoms with Gasteiger partial charge in [-0.25, -0.2) is 0 Å². The molecule has 0 fully saturated rings. The number of nitrogens with zero attached hydrogens (tertiary/aromatic N) is 2. The lowest BCUT2D eigenvalue weighted by Crippen LogP contribution is -2.08. The van der Waals surface area contributed by atoms with Gasteiger partial charge in [0, 0.05) is 6.42 Å². The van der Waals surface area contributed by atoms with Crippen molar-refractivity contribution in [2.75, 3.05) is 0 Å². The number of aromatic nitrogens is 2. The molecule has 80 valence electrons. The molecule has 0 bridgehead atoms. The standard InChI is InChI=1S/C10H19N3O/c1-4-7(3)6-9-12-13-10(14-9)8(11)5-2/h7-8H,4-6,11H2,1-3H3. The van der Waals surface area contributed by atoms with Crippen molar-refractivity contribution >= 4 is 0 Å². The summed E-state index contributed by atoms with van der Waals surface area (Å²) < 4.78 is 5.46. The molecule has 0 saturated carbocycles. The Balaban J connectivity index is 2.59. The third-order valence-electron chi connectivity index (χ3n) is 2.46. The molecule has 0 amide bonds. The van der Waals surface area contributed by atoms with E-state index in [-0.39, 0.29) is 6.04 Å². The van der Waals surface area contributed by atoms with Gasteiger partial charge < -0.3 is 10.2 Å². The predicted molar refractivity (Wildman–Crippen MR) is 54.7 cm³/mol. The van der Waals surface area contributed by atoms with Gasteiger partial charge in [-0.1, -0.05) is 27.2 Å². The van der Waals surface area contributed by atoms with Crippen LogP contribution in [0.4, 0.5) is 0 Å².